The Balaban J connectivity index is 1.90. The van der Waals surface area contributed by atoms with E-state index in [1.54, 1.807) is 27.5 Å². The number of nitrogens with zero attached hydrogens (tertiary/aromatic N) is 2. The Morgan fingerprint density at radius 3 is 2.25 bits per heavy atom. The number of nitrogens with two attached hydrogens (primary N) is 1. The van der Waals surface area contributed by atoms with E-state index >= 15 is 0 Å². The third-order valence-corrected chi connectivity index (χ3v) is 4.63. The summed E-state index contributed by atoms with van der Waals surface area (Å²) in [5.41, 5.74) is 10.9. The second-order valence-corrected chi connectivity index (χ2v) is 6.20. The van der Waals surface area contributed by atoms with Crippen molar-refractivity contribution < 1.29 is 14.2 Å². The first-order chi connectivity index (χ1) is 13.7. The van der Waals surface area contributed by atoms with Gasteiger partial charge in [-0.1, -0.05) is 18.2 Å². The fourth-order valence-electron chi connectivity index (χ4n) is 3.25. The SMILES string of the molecule is COc1cc(-c2[nH]nc3ncc(-c4ccccc4N)cc23)cc(OC)c1OC. The molecule has 0 saturated heterocycles. The van der Waals surface area contributed by atoms with E-state index in [-0.39, 0.29) is 0 Å². The topological polar surface area (TPSA) is 95.3 Å². The number of anilines is 1. The van der Waals surface area contributed by atoms with Gasteiger partial charge in [0.15, 0.2) is 17.1 Å². The van der Waals surface area contributed by atoms with Crippen molar-refractivity contribution in [1.82, 2.24) is 15.2 Å². The van der Waals surface area contributed by atoms with Gasteiger partial charge in [0.1, 0.15) is 0 Å². The van der Waals surface area contributed by atoms with Crippen molar-refractivity contribution >= 4 is 16.7 Å². The molecule has 4 aromatic rings. The van der Waals surface area contributed by atoms with Gasteiger partial charge >= 0.3 is 0 Å². The number of aromatic amines is 1. The summed E-state index contributed by atoms with van der Waals surface area (Å²) in [6.07, 6.45) is 1.77. The molecule has 7 nitrogen and oxygen atoms in total. The number of pyridine rings is 1. The quantitative estimate of drug-likeness (QED) is 0.513. The molecular formula is C21H20N4O3. The number of H-pyrrole nitrogens is 1. The second-order valence-electron chi connectivity index (χ2n) is 6.20. The molecule has 0 fully saturated rings. The van der Waals surface area contributed by atoms with Crippen LogP contribution in [0.15, 0.2) is 48.7 Å². The number of nitrogens with one attached hydrogen (secondary N) is 1. The number of hydrogen-bond acceptors (Lipinski definition) is 6. The summed E-state index contributed by atoms with van der Waals surface area (Å²) in [7, 11) is 4.75. The fourth-order valence-corrected chi connectivity index (χ4v) is 3.25. The summed E-state index contributed by atoms with van der Waals surface area (Å²) >= 11 is 0. The molecule has 0 aliphatic carbocycles. The van der Waals surface area contributed by atoms with Gasteiger partial charge in [-0.25, -0.2) is 4.98 Å². The highest BCUT2D eigenvalue weighted by molar-refractivity contribution is 5.95. The molecule has 0 radical (unpaired) electrons. The molecule has 0 spiro atoms. The monoisotopic (exact) mass is 376 g/mol. The van der Waals surface area contributed by atoms with E-state index in [1.807, 2.05) is 42.5 Å². The molecule has 4 rings (SSSR count). The zero-order chi connectivity index (χ0) is 19.7. The van der Waals surface area contributed by atoms with Gasteiger partial charge in [-0.05, 0) is 24.3 Å². The average Bonchev–Trinajstić information content (AvgIpc) is 3.16. The van der Waals surface area contributed by atoms with Gasteiger partial charge in [-0.15, -0.1) is 0 Å². The Labute approximate surface area is 162 Å². The minimum Gasteiger partial charge on any atom is -0.493 e. The van der Waals surface area contributed by atoms with Crippen LogP contribution in [0.25, 0.3) is 33.4 Å². The van der Waals surface area contributed by atoms with Gasteiger partial charge in [0.25, 0.3) is 0 Å². The number of hydrogen-bond donors (Lipinski definition) is 2. The fraction of sp³-hybridized carbons (Fsp3) is 0.143. The van der Waals surface area contributed by atoms with Crippen LogP contribution in [0.3, 0.4) is 0 Å². The van der Waals surface area contributed by atoms with Crippen molar-refractivity contribution in [2.24, 2.45) is 0 Å². The molecule has 0 aliphatic rings. The molecule has 0 saturated carbocycles. The van der Waals surface area contributed by atoms with E-state index < -0.39 is 0 Å². The Hall–Kier alpha value is -3.74. The van der Waals surface area contributed by atoms with E-state index in [4.69, 9.17) is 19.9 Å². The van der Waals surface area contributed by atoms with Gasteiger partial charge in [0.2, 0.25) is 5.75 Å². The van der Waals surface area contributed by atoms with E-state index in [2.05, 4.69) is 15.2 Å². The zero-order valence-corrected chi connectivity index (χ0v) is 15.8. The Morgan fingerprint density at radius 2 is 1.61 bits per heavy atom. The molecule has 7 heteroatoms. The standard InChI is InChI=1S/C21H20N4O3/c1-26-17-9-12(10-18(27-2)20(17)28-3)19-15-8-13(11-23-21(15)25-24-19)14-6-4-5-7-16(14)22/h4-11H,22H2,1-3H3,(H,23,24,25). The van der Waals surface area contributed by atoms with Crippen LogP contribution in [-0.2, 0) is 0 Å². The van der Waals surface area contributed by atoms with E-state index in [0.717, 1.165) is 27.8 Å². The smallest absolute Gasteiger partial charge is 0.203 e. The lowest BCUT2D eigenvalue weighted by molar-refractivity contribution is 0.324. The highest BCUT2D eigenvalue weighted by atomic mass is 16.5. The van der Waals surface area contributed by atoms with Crippen LogP contribution in [0.5, 0.6) is 17.2 Å². The number of para-hydroxylation sites is 1. The van der Waals surface area contributed by atoms with Crippen molar-refractivity contribution in [2.45, 2.75) is 0 Å². The number of rotatable bonds is 5. The predicted octanol–water partition coefficient (Wildman–Crippen LogP) is 3.90. The molecule has 2 aromatic heterocycles. The van der Waals surface area contributed by atoms with Crippen LogP contribution in [-0.4, -0.2) is 36.5 Å². The number of methoxy groups -OCH3 is 3. The third-order valence-electron chi connectivity index (χ3n) is 4.63. The predicted molar refractivity (Wildman–Crippen MR) is 109 cm³/mol. The van der Waals surface area contributed by atoms with Crippen molar-refractivity contribution in [3.8, 4) is 39.6 Å². The second kappa shape index (κ2) is 7.11. The lowest BCUT2D eigenvalue weighted by Crippen LogP contribution is -1.96. The van der Waals surface area contributed by atoms with Gasteiger partial charge in [0.05, 0.1) is 27.0 Å². The summed E-state index contributed by atoms with van der Waals surface area (Å²) in [5, 5.41) is 8.26. The maximum absolute atomic E-state index is 6.13. The molecule has 2 aromatic carbocycles. The van der Waals surface area contributed by atoms with E-state index in [9.17, 15) is 0 Å². The Kier molecular flexibility index (Phi) is 4.49. The summed E-state index contributed by atoms with van der Waals surface area (Å²) < 4.78 is 16.3. The Morgan fingerprint density at radius 1 is 0.893 bits per heavy atom. The molecule has 0 atom stereocenters. The molecule has 142 valence electrons. The summed E-state index contributed by atoms with van der Waals surface area (Å²) in [6, 6.07) is 13.5. The molecule has 3 N–H and O–H groups in total. The van der Waals surface area contributed by atoms with Crippen molar-refractivity contribution in [2.75, 3.05) is 27.1 Å². The normalized spacial score (nSPS) is 10.8. The van der Waals surface area contributed by atoms with Crippen molar-refractivity contribution in [1.29, 1.82) is 0 Å². The van der Waals surface area contributed by atoms with Gasteiger partial charge in [0, 0.05) is 34.0 Å². The van der Waals surface area contributed by atoms with Gasteiger partial charge in [-0.2, -0.15) is 5.10 Å². The maximum atomic E-state index is 6.13. The first kappa shape index (κ1) is 17.7. The molecule has 0 unspecified atom stereocenters. The average molecular weight is 376 g/mol. The summed E-state index contributed by atoms with van der Waals surface area (Å²) in [6.45, 7) is 0. The minimum atomic E-state index is 0.536. The third kappa shape index (κ3) is 2.87. The summed E-state index contributed by atoms with van der Waals surface area (Å²) in [5.74, 6) is 1.67. The summed E-state index contributed by atoms with van der Waals surface area (Å²) in [4.78, 5) is 4.48. The zero-order valence-electron chi connectivity index (χ0n) is 15.8. The lowest BCUT2D eigenvalue weighted by atomic mass is 10.0. The molecule has 28 heavy (non-hydrogen) atoms. The Bertz CT molecular complexity index is 1130. The number of fused-ring (bicyclic) bond motifs is 1. The minimum absolute atomic E-state index is 0.536. The molecule has 2 heterocycles. The van der Waals surface area contributed by atoms with Gasteiger partial charge in [-0.3, -0.25) is 5.10 Å². The lowest BCUT2D eigenvalue weighted by Gasteiger charge is -2.13. The number of nitrogen functional groups attached to an aromatic ring is 1. The highest BCUT2D eigenvalue weighted by Crippen LogP contribution is 2.42. The van der Waals surface area contributed by atoms with Crippen molar-refractivity contribution in [3.63, 3.8) is 0 Å². The number of aromatic nitrogens is 3. The molecule has 0 bridgehead atoms. The molecule has 0 amide bonds. The largest absolute Gasteiger partial charge is 0.493 e. The van der Waals surface area contributed by atoms with Gasteiger partial charge < -0.3 is 19.9 Å². The van der Waals surface area contributed by atoms with Crippen LogP contribution in [0.2, 0.25) is 0 Å². The van der Waals surface area contributed by atoms with Crippen LogP contribution in [0.1, 0.15) is 0 Å². The first-order valence-electron chi connectivity index (χ1n) is 8.65. The first-order valence-corrected chi connectivity index (χ1v) is 8.65. The van der Waals surface area contributed by atoms with E-state index in [0.29, 0.717) is 28.6 Å². The van der Waals surface area contributed by atoms with Crippen LogP contribution in [0.4, 0.5) is 5.69 Å². The number of ether oxygens (including phenoxy) is 3. The maximum Gasteiger partial charge on any atom is 0.203 e. The molecular weight excluding hydrogens is 356 g/mol. The van der Waals surface area contributed by atoms with Crippen molar-refractivity contribution in [3.05, 3.63) is 48.7 Å². The van der Waals surface area contributed by atoms with Crippen LogP contribution >= 0.6 is 0 Å². The van der Waals surface area contributed by atoms with Crippen LogP contribution in [0, 0.1) is 0 Å². The highest BCUT2D eigenvalue weighted by Gasteiger charge is 2.17. The van der Waals surface area contributed by atoms with Crippen LogP contribution < -0.4 is 19.9 Å². The van der Waals surface area contributed by atoms with E-state index in [1.165, 1.54) is 0 Å². The molecule has 0 aliphatic heterocycles. The number of benzene rings is 2.